The Kier molecular flexibility index (Phi) is 3.59. The molecule has 0 spiro atoms. The lowest BCUT2D eigenvalue weighted by atomic mass is 10.0. The zero-order chi connectivity index (χ0) is 11.5. The minimum Gasteiger partial charge on any atom is -0.314 e. The van der Waals surface area contributed by atoms with E-state index in [1.54, 1.807) is 0 Å². The van der Waals surface area contributed by atoms with Gasteiger partial charge in [-0.1, -0.05) is 18.2 Å². The zero-order valence-electron chi connectivity index (χ0n) is 10.2. The van der Waals surface area contributed by atoms with E-state index < -0.39 is 0 Å². The van der Waals surface area contributed by atoms with E-state index in [4.69, 9.17) is 5.73 Å². The molecular weight excluding hydrogens is 198 g/mol. The number of aryl methyl sites for hydroxylation is 2. The van der Waals surface area contributed by atoms with Gasteiger partial charge < -0.3 is 11.1 Å². The molecule has 3 N–H and O–H groups in total. The van der Waals surface area contributed by atoms with Crippen molar-refractivity contribution in [3.63, 3.8) is 0 Å². The number of piperazine rings is 1. The average Bonchev–Trinajstić information content (AvgIpc) is 2.33. The fourth-order valence-corrected chi connectivity index (χ4v) is 2.12. The molecule has 0 bridgehead atoms. The third-order valence-electron chi connectivity index (χ3n) is 3.42. The van der Waals surface area contributed by atoms with E-state index in [9.17, 15) is 0 Å². The molecule has 2 rings (SSSR count). The highest BCUT2D eigenvalue weighted by Crippen LogP contribution is 2.18. The quantitative estimate of drug-likeness (QED) is 0.784. The zero-order valence-corrected chi connectivity index (χ0v) is 10.2. The topological polar surface area (TPSA) is 41.3 Å². The Hall–Kier alpha value is -0.900. The van der Waals surface area contributed by atoms with Crippen LogP contribution in [0.15, 0.2) is 18.2 Å². The van der Waals surface area contributed by atoms with Crippen molar-refractivity contribution < 1.29 is 0 Å². The monoisotopic (exact) mass is 219 g/mol. The highest BCUT2D eigenvalue weighted by molar-refractivity contribution is 5.31. The number of nitrogens with one attached hydrogen (secondary N) is 1. The van der Waals surface area contributed by atoms with Crippen LogP contribution in [0.4, 0.5) is 0 Å². The molecule has 0 radical (unpaired) electrons. The van der Waals surface area contributed by atoms with Gasteiger partial charge in [-0.15, -0.1) is 0 Å². The molecule has 1 atom stereocenters. The predicted molar refractivity (Wildman–Crippen MR) is 67.3 cm³/mol. The average molecular weight is 219 g/mol. The smallest absolute Gasteiger partial charge is 0.0836 e. The van der Waals surface area contributed by atoms with Crippen LogP contribution in [0.3, 0.4) is 0 Å². The summed E-state index contributed by atoms with van der Waals surface area (Å²) in [4.78, 5) is 2.33. The van der Waals surface area contributed by atoms with E-state index in [-0.39, 0.29) is 6.17 Å². The minimum atomic E-state index is 0.0430. The summed E-state index contributed by atoms with van der Waals surface area (Å²) in [5.41, 5.74) is 10.2. The third-order valence-corrected chi connectivity index (χ3v) is 3.42. The Balaban J connectivity index is 2.12. The normalized spacial score (nSPS) is 19.7. The summed E-state index contributed by atoms with van der Waals surface area (Å²) in [6, 6.07) is 6.52. The van der Waals surface area contributed by atoms with Crippen LogP contribution < -0.4 is 11.1 Å². The van der Waals surface area contributed by atoms with E-state index in [2.05, 4.69) is 42.3 Å². The van der Waals surface area contributed by atoms with E-state index in [0.29, 0.717) is 0 Å². The molecule has 1 aromatic rings. The summed E-state index contributed by atoms with van der Waals surface area (Å²) >= 11 is 0. The maximum atomic E-state index is 6.29. The first kappa shape index (κ1) is 11.6. The second-order valence-corrected chi connectivity index (χ2v) is 4.57. The number of hydrogen-bond donors (Lipinski definition) is 2. The van der Waals surface area contributed by atoms with Gasteiger partial charge in [0.1, 0.15) is 0 Å². The molecule has 0 amide bonds. The predicted octanol–water partition coefficient (Wildman–Crippen LogP) is 1.17. The molecule has 16 heavy (non-hydrogen) atoms. The van der Waals surface area contributed by atoms with Gasteiger partial charge in [-0.05, 0) is 30.5 Å². The van der Waals surface area contributed by atoms with Gasteiger partial charge in [0.05, 0.1) is 6.17 Å². The van der Waals surface area contributed by atoms with Gasteiger partial charge in [-0.25, -0.2) is 0 Å². The number of rotatable bonds is 2. The second kappa shape index (κ2) is 4.95. The minimum absolute atomic E-state index is 0.0430. The van der Waals surface area contributed by atoms with Gasteiger partial charge in [0, 0.05) is 26.2 Å². The SMILES string of the molecule is Cc1ccc(C(N)N2CCNCC2)cc1C. The summed E-state index contributed by atoms with van der Waals surface area (Å²) in [5.74, 6) is 0. The number of nitrogens with two attached hydrogens (primary N) is 1. The molecule has 1 aromatic carbocycles. The lowest BCUT2D eigenvalue weighted by Crippen LogP contribution is -2.47. The molecule has 1 aliphatic rings. The van der Waals surface area contributed by atoms with Crippen molar-refractivity contribution >= 4 is 0 Å². The second-order valence-electron chi connectivity index (χ2n) is 4.57. The Morgan fingerprint density at radius 2 is 1.88 bits per heavy atom. The summed E-state index contributed by atoms with van der Waals surface area (Å²) in [6.07, 6.45) is 0.0430. The first-order valence-electron chi connectivity index (χ1n) is 5.96. The van der Waals surface area contributed by atoms with E-state index in [1.807, 2.05) is 0 Å². The van der Waals surface area contributed by atoms with E-state index in [1.165, 1.54) is 16.7 Å². The lowest BCUT2D eigenvalue weighted by Gasteiger charge is -2.32. The Bertz CT molecular complexity index is 356. The van der Waals surface area contributed by atoms with Crippen LogP contribution in [0.2, 0.25) is 0 Å². The molecule has 3 nitrogen and oxygen atoms in total. The van der Waals surface area contributed by atoms with Crippen LogP contribution in [0, 0.1) is 13.8 Å². The molecule has 1 saturated heterocycles. The summed E-state index contributed by atoms with van der Waals surface area (Å²) < 4.78 is 0. The van der Waals surface area contributed by atoms with Crippen molar-refractivity contribution in [3.05, 3.63) is 34.9 Å². The van der Waals surface area contributed by atoms with Crippen molar-refractivity contribution in [2.75, 3.05) is 26.2 Å². The van der Waals surface area contributed by atoms with Crippen LogP contribution in [-0.4, -0.2) is 31.1 Å². The summed E-state index contributed by atoms with van der Waals surface area (Å²) in [6.45, 7) is 8.43. The number of hydrogen-bond acceptors (Lipinski definition) is 3. The number of nitrogens with zero attached hydrogens (tertiary/aromatic N) is 1. The van der Waals surface area contributed by atoms with Crippen molar-refractivity contribution in [1.82, 2.24) is 10.2 Å². The largest absolute Gasteiger partial charge is 0.314 e. The highest BCUT2D eigenvalue weighted by atomic mass is 15.3. The van der Waals surface area contributed by atoms with Gasteiger partial charge in [-0.2, -0.15) is 0 Å². The molecule has 1 fully saturated rings. The molecule has 88 valence electrons. The molecular formula is C13H21N3. The molecule has 1 aliphatic heterocycles. The summed E-state index contributed by atoms with van der Waals surface area (Å²) in [5, 5.41) is 3.34. The van der Waals surface area contributed by atoms with Crippen LogP contribution in [0.1, 0.15) is 22.9 Å². The Labute approximate surface area is 97.6 Å². The van der Waals surface area contributed by atoms with Gasteiger partial charge in [0.2, 0.25) is 0 Å². The van der Waals surface area contributed by atoms with Gasteiger partial charge >= 0.3 is 0 Å². The first-order valence-corrected chi connectivity index (χ1v) is 5.96. The van der Waals surface area contributed by atoms with Crippen LogP contribution in [0.25, 0.3) is 0 Å². The Morgan fingerprint density at radius 3 is 2.50 bits per heavy atom. The fourth-order valence-electron chi connectivity index (χ4n) is 2.12. The molecule has 0 saturated carbocycles. The van der Waals surface area contributed by atoms with Crippen LogP contribution in [-0.2, 0) is 0 Å². The van der Waals surface area contributed by atoms with Crippen molar-refractivity contribution in [3.8, 4) is 0 Å². The van der Waals surface area contributed by atoms with Gasteiger partial charge in [0.15, 0.2) is 0 Å². The Morgan fingerprint density at radius 1 is 1.19 bits per heavy atom. The summed E-state index contributed by atoms with van der Waals surface area (Å²) in [7, 11) is 0. The molecule has 0 aromatic heterocycles. The first-order chi connectivity index (χ1) is 7.68. The maximum Gasteiger partial charge on any atom is 0.0836 e. The van der Waals surface area contributed by atoms with Gasteiger partial charge in [-0.3, -0.25) is 4.90 Å². The fraction of sp³-hybridized carbons (Fsp3) is 0.538. The van der Waals surface area contributed by atoms with Crippen LogP contribution >= 0.6 is 0 Å². The van der Waals surface area contributed by atoms with E-state index >= 15 is 0 Å². The molecule has 3 heteroatoms. The standard InChI is InChI=1S/C13H21N3/c1-10-3-4-12(9-11(10)2)13(14)16-7-5-15-6-8-16/h3-4,9,13,15H,5-8,14H2,1-2H3. The van der Waals surface area contributed by atoms with Gasteiger partial charge in [0.25, 0.3) is 0 Å². The highest BCUT2D eigenvalue weighted by Gasteiger charge is 2.18. The molecule has 1 unspecified atom stereocenters. The molecule has 0 aliphatic carbocycles. The molecule has 1 heterocycles. The van der Waals surface area contributed by atoms with E-state index in [0.717, 1.165) is 26.2 Å². The number of benzene rings is 1. The lowest BCUT2D eigenvalue weighted by molar-refractivity contribution is 0.177. The van der Waals surface area contributed by atoms with Crippen molar-refractivity contribution in [2.24, 2.45) is 5.73 Å². The third kappa shape index (κ3) is 2.43. The van der Waals surface area contributed by atoms with Crippen LogP contribution in [0.5, 0.6) is 0 Å². The maximum absolute atomic E-state index is 6.29. The van der Waals surface area contributed by atoms with Crippen molar-refractivity contribution in [1.29, 1.82) is 0 Å². The van der Waals surface area contributed by atoms with Crippen molar-refractivity contribution in [2.45, 2.75) is 20.0 Å².